The number of carbonyl (C=O) groups is 1. The summed E-state index contributed by atoms with van der Waals surface area (Å²) in [5.74, 6) is 1.66. The summed E-state index contributed by atoms with van der Waals surface area (Å²) in [5.41, 5.74) is 3.64. The molecule has 0 radical (unpaired) electrons. The van der Waals surface area contributed by atoms with Crippen LogP contribution in [0.5, 0.6) is 0 Å². The Morgan fingerprint density at radius 3 is 2.78 bits per heavy atom. The molecule has 2 aliphatic rings. The van der Waals surface area contributed by atoms with Crippen molar-refractivity contribution >= 4 is 5.91 Å². The molecular weight excluding hydrogens is 344 g/mol. The van der Waals surface area contributed by atoms with Gasteiger partial charge in [0.05, 0.1) is 17.0 Å². The van der Waals surface area contributed by atoms with Gasteiger partial charge in [0.15, 0.2) is 0 Å². The zero-order chi connectivity index (χ0) is 18.8. The molecule has 0 aromatic carbocycles. The standard InChI is InChI=1S/C20H26N4O3/c1-13-19(14(2)27-23-13)18-10-17(21-12-22-18)9-15-3-6-24(11-15)20(25)16-4-7-26-8-5-16/h10,12,15-16H,3-9,11H2,1-2H3/t15-/m1/s1. The first kappa shape index (κ1) is 18.1. The van der Waals surface area contributed by atoms with Crippen molar-refractivity contribution in [1.82, 2.24) is 20.0 Å². The Morgan fingerprint density at radius 1 is 1.22 bits per heavy atom. The van der Waals surface area contributed by atoms with E-state index in [1.165, 1.54) is 0 Å². The SMILES string of the molecule is Cc1noc(C)c1-c1cc(C[C@H]2CCN(C(=O)C3CCOCC3)C2)ncn1. The number of nitrogens with zero attached hydrogens (tertiary/aromatic N) is 4. The molecule has 0 aliphatic carbocycles. The molecule has 0 spiro atoms. The van der Waals surface area contributed by atoms with Crippen LogP contribution in [-0.4, -0.2) is 52.2 Å². The Morgan fingerprint density at radius 2 is 2.04 bits per heavy atom. The third-order valence-electron chi connectivity index (χ3n) is 5.68. The number of hydrogen-bond acceptors (Lipinski definition) is 6. The minimum atomic E-state index is 0.141. The lowest BCUT2D eigenvalue weighted by Crippen LogP contribution is -2.37. The third-order valence-corrected chi connectivity index (χ3v) is 5.68. The largest absolute Gasteiger partial charge is 0.381 e. The highest BCUT2D eigenvalue weighted by Gasteiger charge is 2.32. The average Bonchev–Trinajstić information content (AvgIpc) is 3.28. The molecule has 4 rings (SSSR count). The van der Waals surface area contributed by atoms with Crippen molar-refractivity contribution in [1.29, 1.82) is 0 Å². The lowest BCUT2D eigenvalue weighted by Gasteiger charge is -2.26. The maximum absolute atomic E-state index is 12.7. The van der Waals surface area contributed by atoms with Crippen LogP contribution in [-0.2, 0) is 16.0 Å². The van der Waals surface area contributed by atoms with E-state index in [4.69, 9.17) is 9.26 Å². The fourth-order valence-electron chi connectivity index (χ4n) is 4.19. The number of aromatic nitrogens is 3. The fourth-order valence-corrected chi connectivity index (χ4v) is 4.19. The normalized spacial score (nSPS) is 21.0. The molecule has 2 aromatic heterocycles. The minimum absolute atomic E-state index is 0.141. The van der Waals surface area contributed by atoms with E-state index >= 15 is 0 Å². The summed E-state index contributed by atoms with van der Waals surface area (Å²) in [4.78, 5) is 23.6. The molecule has 144 valence electrons. The lowest BCUT2D eigenvalue weighted by molar-refractivity contribution is -0.137. The van der Waals surface area contributed by atoms with E-state index in [0.29, 0.717) is 25.0 Å². The van der Waals surface area contributed by atoms with Gasteiger partial charge in [0.25, 0.3) is 0 Å². The quantitative estimate of drug-likeness (QED) is 0.823. The third kappa shape index (κ3) is 3.88. The summed E-state index contributed by atoms with van der Waals surface area (Å²) in [7, 11) is 0. The molecule has 0 bridgehead atoms. The maximum Gasteiger partial charge on any atom is 0.225 e. The van der Waals surface area contributed by atoms with Gasteiger partial charge in [-0.3, -0.25) is 4.79 Å². The van der Waals surface area contributed by atoms with Gasteiger partial charge in [0.1, 0.15) is 12.1 Å². The first-order chi connectivity index (χ1) is 13.1. The van der Waals surface area contributed by atoms with Crippen LogP contribution in [0.15, 0.2) is 16.9 Å². The molecule has 1 atom stereocenters. The van der Waals surface area contributed by atoms with Gasteiger partial charge in [-0.05, 0) is 51.5 Å². The highest BCUT2D eigenvalue weighted by molar-refractivity contribution is 5.79. The van der Waals surface area contributed by atoms with Gasteiger partial charge >= 0.3 is 0 Å². The van der Waals surface area contributed by atoms with Gasteiger partial charge in [0.2, 0.25) is 5.91 Å². The van der Waals surface area contributed by atoms with E-state index in [-0.39, 0.29) is 5.92 Å². The van der Waals surface area contributed by atoms with Crippen molar-refractivity contribution in [2.45, 2.75) is 39.5 Å². The summed E-state index contributed by atoms with van der Waals surface area (Å²) in [6.07, 6.45) is 5.20. The van der Waals surface area contributed by atoms with Crippen LogP contribution >= 0.6 is 0 Å². The minimum Gasteiger partial charge on any atom is -0.381 e. The van der Waals surface area contributed by atoms with Crippen LogP contribution in [0.4, 0.5) is 0 Å². The number of aryl methyl sites for hydroxylation is 2. The van der Waals surface area contributed by atoms with Crippen LogP contribution in [0.25, 0.3) is 11.3 Å². The number of rotatable bonds is 4. The van der Waals surface area contributed by atoms with E-state index < -0.39 is 0 Å². The number of hydrogen-bond donors (Lipinski definition) is 0. The summed E-state index contributed by atoms with van der Waals surface area (Å²) >= 11 is 0. The molecule has 0 N–H and O–H groups in total. The highest BCUT2D eigenvalue weighted by Crippen LogP contribution is 2.28. The Labute approximate surface area is 159 Å². The average molecular weight is 370 g/mol. The van der Waals surface area contributed by atoms with Gasteiger partial charge in [-0.1, -0.05) is 5.16 Å². The maximum atomic E-state index is 12.7. The van der Waals surface area contributed by atoms with E-state index in [9.17, 15) is 4.79 Å². The first-order valence-electron chi connectivity index (χ1n) is 9.72. The van der Waals surface area contributed by atoms with E-state index in [2.05, 4.69) is 15.1 Å². The van der Waals surface area contributed by atoms with Gasteiger partial charge in [-0.2, -0.15) is 0 Å². The van der Waals surface area contributed by atoms with Crippen molar-refractivity contribution in [2.24, 2.45) is 11.8 Å². The summed E-state index contributed by atoms with van der Waals surface area (Å²) < 4.78 is 10.6. The van der Waals surface area contributed by atoms with Crippen LogP contribution in [0.3, 0.4) is 0 Å². The van der Waals surface area contributed by atoms with Crippen LogP contribution in [0.1, 0.15) is 36.4 Å². The predicted octanol–water partition coefficient (Wildman–Crippen LogP) is 2.57. The second-order valence-electron chi connectivity index (χ2n) is 7.62. The molecule has 27 heavy (non-hydrogen) atoms. The molecule has 2 fully saturated rings. The van der Waals surface area contributed by atoms with E-state index in [1.807, 2.05) is 24.8 Å². The zero-order valence-corrected chi connectivity index (χ0v) is 16.0. The predicted molar refractivity (Wildman–Crippen MR) is 98.9 cm³/mol. The molecule has 4 heterocycles. The molecular formula is C20H26N4O3. The summed E-state index contributed by atoms with van der Waals surface area (Å²) in [5, 5.41) is 4.01. The van der Waals surface area contributed by atoms with Gasteiger partial charge in [-0.25, -0.2) is 9.97 Å². The molecule has 1 amide bonds. The molecule has 7 nitrogen and oxygen atoms in total. The number of ether oxygens (including phenoxy) is 1. The Kier molecular flexibility index (Phi) is 5.20. The Bertz CT molecular complexity index is 794. The van der Waals surface area contributed by atoms with Gasteiger partial charge in [0, 0.05) is 37.9 Å². The Balaban J connectivity index is 1.40. The van der Waals surface area contributed by atoms with Crippen molar-refractivity contribution < 1.29 is 14.1 Å². The first-order valence-corrected chi connectivity index (χ1v) is 9.72. The van der Waals surface area contributed by atoms with Crippen LogP contribution < -0.4 is 0 Å². The van der Waals surface area contributed by atoms with Crippen molar-refractivity contribution in [3.05, 3.63) is 29.5 Å². The summed E-state index contributed by atoms with van der Waals surface area (Å²) in [6, 6.07) is 2.02. The highest BCUT2D eigenvalue weighted by atomic mass is 16.5. The van der Waals surface area contributed by atoms with Crippen LogP contribution in [0.2, 0.25) is 0 Å². The molecule has 0 unspecified atom stereocenters. The van der Waals surface area contributed by atoms with Crippen molar-refractivity contribution in [2.75, 3.05) is 26.3 Å². The fraction of sp³-hybridized carbons (Fsp3) is 0.600. The number of amides is 1. The second-order valence-corrected chi connectivity index (χ2v) is 7.62. The summed E-state index contributed by atoms with van der Waals surface area (Å²) in [6.45, 7) is 6.90. The van der Waals surface area contributed by atoms with Crippen molar-refractivity contribution in [3.63, 3.8) is 0 Å². The van der Waals surface area contributed by atoms with Crippen LogP contribution in [0, 0.1) is 25.7 Å². The number of likely N-dealkylation sites (tertiary alicyclic amines) is 1. The zero-order valence-electron chi connectivity index (χ0n) is 16.0. The molecule has 2 saturated heterocycles. The molecule has 0 saturated carbocycles. The van der Waals surface area contributed by atoms with Gasteiger partial charge < -0.3 is 14.2 Å². The molecule has 2 aliphatic heterocycles. The van der Waals surface area contributed by atoms with Gasteiger partial charge in [-0.15, -0.1) is 0 Å². The lowest BCUT2D eigenvalue weighted by atomic mass is 9.98. The van der Waals surface area contributed by atoms with E-state index in [0.717, 1.165) is 67.2 Å². The second kappa shape index (κ2) is 7.76. The van der Waals surface area contributed by atoms with Crippen molar-refractivity contribution in [3.8, 4) is 11.3 Å². The molecule has 2 aromatic rings. The topological polar surface area (TPSA) is 81.4 Å². The smallest absolute Gasteiger partial charge is 0.225 e. The molecule has 7 heteroatoms. The van der Waals surface area contributed by atoms with E-state index in [1.54, 1.807) is 6.33 Å². The Hall–Kier alpha value is -2.28. The number of carbonyl (C=O) groups excluding carboxylic acids is 1. The monoisotopic (exact) mass is 370 g/mol.